The predicted molar refractivity (Wildman–Crippen MR) is 92.0 cm³/mol. The summed E-state index contributed by atoms with van der Waals surface area (Å²) in [5.41, 5.74) is 2.22. The fourth-order valence-electron chi connectivity index (χ4n) is 2.56. The summed E-state index contributed by atoms with van der Waals surface area (Å²) in [6, 6.07) is 9.93. The summed E-state index contributed by atoms with van der Waals surface area (Å²) in [5.74, 6) is -2.45. The number of carbonyl (C=O) groups excluding carboxylic acids is 1. The normalized spacial score (nSPS) is 11.0. The van der Waals surface area contributed by atoms with Crippen LogP contribution in [0, 0.1) is 6.92 Å². The average Bonchev–Trinajstić information content (AvgIpc) is 2.86. The molecule has 0 unspecified atom stereocenters. The lowest BCUT2D eigenvalue weighted by Gasteiger charge is -2.08. The minimum absolute atomic E-state index is 0.0985. The Morgan fingerprint density at radius 2 is 1.83 bits per heavy atom. The van der Waals surface area contributed by atoms with Crippen LogP contribution in [0.1, 0.15) is 21.6 Å². The van der Waals surface area contributed by atoms with E-state index in [1.54, 1.807) is 28.9 Å². The van der Waals surface area contributed by atoms with Crippen molar-refractivity contribution >= 4 is 45.9 Å². The summed E-state index contributed by atoms with van der Waals surface area (Å²) < 4.78 is 1.66. The van der Waals surface area contributed by atoms with Crippen LogP contribution in [0.4, 0.5) is 0 Å². The van der Waals surface area contributed by atoms with E-state index in [2.05, 4.69) is 5.10 Å². The molecule has 0 spiro atoms. The van der Waals surface area contributed by atoms with Gasteiger partial charge < -0.3 is 5.11 Å². The number of fused-ring (bicyclic) bond motifs is 1. The maximum atomic E-state index is 11.7. The second kappa shape index (κ2) is 6.26. The zero-order valence-corrected chi connectivity index (χ0v) is 14.1. The van der Waals surface area contributed by atoms with Crippen LogP contribution >= 0.6 is 23.2 Å². The molecule has 24 heavy (non-hydrogen) atoms. The summed E-state index contributed by atoms with van der Waals surface area (Å²) in [6.45, 7) is 2.15. The van der Waals surface area contributed by atoms with E-state index in [1.807, 2.05) is 6.92 Å². The second-order valence-electron chi connectivity index (χ2n) is 5.31. The number of hydrogen-bond donors (Lipinski definition) is 1. The molecule has 0 fully saturated rings. The molecule has 0 radical (unpaired) electrons. The summed E-state index contributed by atoms with van der Waals surface area (Å²) in [7, 11) is 0. The van der Waals surface area contributed by atoms with Crippen LogP contribution in [0.15, 0.2) is 36.4 Å². The number of carboxylic acid groups (broad SMARTS) is 1. The van der Waals surface area contributed by atoms with Crippen molar-refractivity contribution in [1.82, 2.24) is 9.78 Å². The van der Waals surface area contributed by atoms with E-state index in [0.717, 1.165) is 11.1 Å². The molecule has 1 heterocycles. The summed E-state index contributed by atoms with van der Waals surface area (Å²) in [6.07, 6.45) is 0. The summed E-state index contributed by atoms with van der Waals surface area (Å²) >= 11 is 12.4. The topological polar surface area (TPSA) is 72.2 Å². The minimum atomic E-state index is -1.49. The van der Waals surface area contributed by atoms with Crippen LogP contribution in [0.25, 0.3) is 10.9 Å². The Morgan fingerprint density at radius 1 is 1.17 bits per heavy atom. The third-order valence-corrected chi connectivity index (χ3v) is 4.47. The van der Waals surface area contributed by atoms with Crippen molar-refractivity contribution in [2.75, 3.05) is 0 Å². The number of aromatic nitrogens is 2. The first kappa shape index (κ1) is 16.5. The highest BCUT2D eigenvalue weighted by Crippen LogP contribution is 2.27. The Kier molecular flexibility index (Phi) is 4.30. The Hall–Kier alpha value is -2.37. The molecular formula is C17H12Cl2N2O3. The number of Topliss-reactive ketones (excluding diaryl/α,β-unsaturated/α-hetero) is 1. The Bertz CT molecular complexity index is 959. The molecule has 0 aliphatic rings. The van der Waals surface area contributed by atoms with Crippen LogP contribution in [0.3, 0.4) is 0 Å². The summed E-state index contributed by atoms with van der Waals surface area (Å²) in [5, 5.41) is 15.2. The Balaban J connectivity index is 2.12. The number of rotatable bonds is 4. The zero-order valence-electron chi connectivity index (χ0n) is 12.6. The molecule has 3 aromatic rings. The van der Waals surface area contributed by atoms with E-state index >= 15 is 0 Å². The number of ketones is 1. The van der Waals surface area contributed by atoms with E-state index in [9.17, 15) is 9.59 Å². The molecule has 0 saturated carbocycles. The first-order valence-corrected chi connectivity index (χ1v) is 7.81. The quantitative estimate of drug-likeness (QED) is 0.562. The minimum Gasteiger partial charge on any atom is -0.475 e. The molecule has 1 aromatic heterocycles. The van der Waals surface area contributed by atoms with Crippen LogP contribution in [-0.2, 0) is 11.3 Å². The summed E-state index contributed by atoms with van der Waals surface area (Å²) in [4.78, 5) is 22.6. The van der Waals surface area contributed by atoms with Crippen molar-refractivity contribution < 1.29 is 14.7 Å². The zero-order chi connectivity index (χ0) is 17.4. The van der Waals surface area contributed by atoms with Crippen LogP contribution in [0.5, 0.6) is 0 Å². The second-order valence-corrected chi connectivity index (χ2v) is 6.12. The van der Waals surface area contributed by atoms with Gasteiger partial charge in [0, 0.05) is 26.6 Å². The van der Waals surface area contributed by atoms with Gasteiger partial charge in [0.1, 0.15) is 0 Å². The monoisotopic (exact) mass is 362 g/mol. The van der Waals surface area contributed by atoms with Gasteiger partial charge in [-0.1, -0.05) is 35.3 Å². The van der Waals surface area contributed by atoms with E-state index in [4.69, 9.17) is 28.3 Å². The molecule has 5 nitrogen and oxygen atoms in total. The third-order valence-electron chi connectivity index (χ3n) is 3.76. The fraction of sp³-hybridized carbons (Fsp3) is 0.118. The van der Waals surface area contributed by atoms with Gasteiger partial charge in [-0.25, -0.2) is 4.79 Å². The van der Waals surface area contributed by atoms with E-state index in [0.29, 0.717) is 27.7 Å². The standard InChI is InChI=1S/C17H12Cl2N2O3/c1-9-11-6-5-10(16(22)17(23)24)7-15(11)21(20-9)8-12-13(18)3-2-4-14(12)19/h2-7H,8H2,1H3,(H,23,24). The molecule has 7 heteroatoms. The third kappa shape index (κ3) is 2.88. The average molecular weight is 363 g/mol. The van der Waals surface area contributed by atoms with E-state index < -0.39 is 11.8 Å². The van der Waals surface area contributed by atoms with Crippen molar-refractivity contribution in [1.29, 1.82) is 0 Å². The number of halogens is 2. The van der Waals surface area contributed by atoms with Gasteiger partial charge in [-0.15, -0.1) is 0 Å². The Labute approximate surface area is 147 Å². The van der Waals surface area contributed by atoms with Gasteiger partial charge in [-0.3, -0.25) is 9.48 Å². The van der Waals surface area contributed by atoms with Crippen molar-refractivity contribution in [3.8, 4) is 0 Å². The fourth-order valence-corrected chi connectivity index (χ4v) is 3.08. The molecular weight excluding hydrogens is 351 g/mol. The first-order chi connectivity index (χ1) is 11.4. The molecule has 1 N–H and O–H groups in total. The molecule has 0 aliphatic heterocycles. The van der Waals surface area contributed by atoms with Gasteiger partial charge in [0.05, 0.1) is 17.8 Å². The van der Waals surface area contributed by atoms with Crippen LogP contribution in [0.2, 0.25) is 10.0 Å². The number of nitrogens with zero attached hydrogens (tertiary/aromatic N) is 2. The van der Waals surface area contributed by atoms with Gasteiger partial charge >= 0.3 is 5.97 Å². The number of aliphatic carboxylic acids is 1. The SMILES string of the molecule is Cc1nn(Cc2c(Cl)cccc2Cl)c2cc(C(=O)C(=O)O)ccc12. The lowest BCUT2D eigenvalue weighted by Crippen LogP contribution is -2.12. The molecule has 0 saturated heterocycles. The lowest BCUT2D eigenvalue weighted by atomic mass is 10.1. The number of carbonyl (C=O) groups is 2. The predicted octanol–water partition coefficient (Wildman–Crippen LogP) is 3.97. The smallest absolute Gasteiger partial charge is 0.377 e. The molecule has 122 valence electrons. The van der Waals surface area contributed by atoms with Gasteiger partial charge in [0.2, 0.25) is 0 Å². The van der Waals surface area contributed by atoms with Crippen molar-refractivity contribution in [3.63, 3.8) is 0 Å². The van der Waals surface area contributed by atoms with Gasteiger partial charge in [0.25, 0.3) is 5.78 Å². The molecule has 3 rings (SSSR count). The molecule has 0 atom stereocenters. The molecule has 0 amide bonds. The van der Waals surface area contributed by atoms with Crippen molar-refractivity contribution in [3.05, 3.63) is 63.3 Å². The van der Waals surface area contributed by atoms with Gasteiger partial charge in [0.15, 0.2) is 0 Å². The number of hydrogen-bond acceptors (Lipinski definition) is 3. The number of aryl methyl sites for hydroxylation is 1. The first-order valence-electron chi connectivity index (χ1n) is 7.06. The van der Waals surface area contributed by atoms with Crippen molar-refractivity contribution in [2.24, 2.45) is 0 Å². The number of carboxylic acids is 1. The largest absolute Gasteiger partial charge is 0.475 e. The Morgan fingerprint density at radius 3 is 2.46 bits per heavy atom. The molecule has 2 aromatic carbocycles. The maximum absolute atomic E-state index is 11.7. The highest BCUT2D eigenvalue weighted by Gasteiger charge is 2.18. The van der Waals surface area contributed by atoms with Crippen molar-refractivity contribution in [2.45, 2.75) is 13.5 Å². The van der Waals surface area contributed by atoms with Crippen LogP contribution in [-0.4, -0.2) is 26.6 Å². The highest BCUT2D eigenvalue weighted by atomic mass is 35.5. The number of benzene rings is 2. The van der Waals surface area contributed by atoms with E-state index in [1.165, 1.54) is 12.1 Å². The highest BCUT2D eigenvalue weighted by molar-refractivity contribution is 6.40. The van der Waals surface area contributed by atoms with Gasteiger partial charge in [-0.05, 0) is 31.2 Å². The van der Waals surface area contributed by atoms with Crippen LogP contribution < -0.4 is 0 Å². The lowest BCUT2D eigenvalue weighted by molar-refractivity contribution is -0.131. The molecule has 0 bridgehead atoms. The maximum Gasteiger partial charge on any atom is 0.377 e. The van der Waals surface area contributed by atoms with E-state index in [-0.39, 0.29) is 5.56 Å². The van der Waals surface area contributed by atoms with Gasteiger partial charge in [-0.2, -0.15) is 5.10 Å². The molecule has 0 aliphatic carbocycles.